The number of benzene rings is 2. The Balaban J connectivity index is 1.73. The van der Waals surface area contributed by atoms with E-state index in [0.29, 0.717) is 52.8 Å². The average molecular weight is 431 g/mol. The normalized spacial score (nSPS) is 11.1. The first-order valence-corrected chi connectivity index (χ1v) is 10.9. The molecule has 0 radical (unpaired) electrons. The molecule has 0 bridgehead atoms. The summed E-state index contributed by atoms with van der Waals surface area (Å²) in [6, 6.07) is 14.4. The molecule has 0 amide bonds. The summed E-state index contributed by atoms with van der Waals surface area (Å²) in [4.78, 5) is 29.9. The number of Topliss-reactive ketones (excluding diaryl/α,β-unsaturated/α-hetero) is 1. The molecule has 0 unspecified atom stereocenters. The molecule has 1 heterocycles. The van der Waals surface area contributed by atoms with Gasteiger partial charge in [0.15, 0.2) is 10.9 Å². The van der Waals surface area contributed by atoms with Gasteiger partial charge in [0.1, 0.15) is 0 Å². The highest BCUT2D eigenvalue weighted by Crippen LogP contribution is 2.22. The number of carbonyl (C=O) groups excluding carboxylic acids is 1. The summed E-state index contributed by atoms with van der Waals surface area (Å²) in [7, 11) is 1.64. The second-order valence-corrected chi connectivity index (χ2v) is 8.10. The summed E-state index contributed by atoms with van der Waals surface area (Å²) in [5, 5.41) is 1.74. The fourth-order valence-electron chi connectivity index (χ4n) is 3.01. The summed E-state index contributed by atoms with van der Waals surface area (Å²) in [6.45, 7) is 1.10. The van der Waals surface area contributed by atoms with Crippen LogP contribution in [0.3, 0.4) is 0 Å². The van der Waals surface area contributed by atoms with E-state index in [0.717, 1.165) is 12.0 Å². The lowest BCUT2D eigenvalue weighted by Crippen LogP contribution is -2.24. The van der Waals surface area contributed by atoms with E-state index in [1.807, 2.05) is 30.3 Å². The van der Waals surface area contributed by atoms with E-state index in [9.17, 15) is 9.59 Å². The van der Waals surface area contributed by atoms with Crippen molar-refractivity contribution >= 4 is 40.0 Å². The number of hydrogen-bond donors (Lipinski definition) is 0. The minimum Gasteiger partial charge on any atom is -0.385 e. The van der Waals surface area contributed by atoms with Crippen LogP contribution in [0.2, 0.25) is 5.02 Å². The maximum absolute atomic E-state index is 13.0. The molecule has 0 aliphatic rings. The van der Waals surface area contributed by atoms with E-state index in [4.69, 9.17) is 16.3 Å². The second kappa shape index (κ2) is 10.6. The van der Waals surface area contributed by atoms with Crippen molar-refractivity contribution in [3.05, 3.63) is 69.5 Å². The number of aromatic nitrogens is 2. The third-order valence-corrected chi connectivity index (χ3v) is 5.79. The molecule has 0 aliphatic carbocycles. The van der Waals surface area contributed by atoms with E-state index >= 15 is 0 Å². The van der Waals surface area contributed by atoms with Gasteiger partial charge in [-0.15, -0.1) is 0 Å². The monoisotopic (exact) mass is 430 g/mol. The number of rotatable bonds is 10. The summed E-state index contributed by atoms with van der Waals surface area (Å²) in [5.74, 6) is 0.823. The fraction of sp³-hybridized carbons (Fsp3) is 0.318. The second-order valence-electron chi connectivity index (χ2n) is 6.60. The van der Waals surface area contributed by atoms with Gasteiger partial charge in [0.2, 0.25) is 0 Å². The van der Waals surface area contributed by atoms with Gasteiger partial charge in [-0.2, -0.15) is 0 Å². The lowest BCUT2D eigenvalue weighted by atomic mass is 10.1. The Morgan fingerprint density at radius 2 is 1.97 bits per heavy atom. The molecule has 2 aromatic carbocycles. The van der Waals surface area contributed by atoms with Gasteiger partial charge >= 0.3 is 0 Å². The van der Waals surface area contributed by atoms with Gasteiger partial charge in [-0.1, -0.05) is 53.7 Å². The Kier molecular flexibility index (Phi) is 7.86. The van der Waals surface area contributed by atoms with Crippen LogP contribution < -0.4 is 5.56 Å². The molecule has 29 heavy (non-hydrogen) atoms. The van der Waals surface area contributed by atoms with Crippen LogP contribution in [0.15, 0.2) is 58.5 Å². The van der Waals surface area contributed by atoms with E-state index < -0.39 is 0 Å². The van der Waals surface area contributed by atoms with Gasteiger partial charge in [-0.3, -0.25) is 14.2 Å². The Hall–Kier alpha value is -2.15. The highest BCUT2D eigenvalue weighted by atomic mass is 35.5. The van der Waals surface area contributed by atoms with Gasteiger partial charge in [-0.05, 0) is 31.0 Å². The molecule has 0 aliphatic heterocycles. The van der Waals surface area contributed by atoms with Gasteiger partial charge in [0.05, 0.1) is 10.9 Å². The van der Waals surface area contributed by atoms with E-state index in [2.05, 4.69) is 4.98 Å². The van der Waals surface area contributed by atoms with Crippen molar-refractivity contribution in [3.8, 4) is 0 Å². The molecule has 0 atom stereocenters. The molecule has 0 saturated heterocycles. The third-order valence-electron chi connectivity index (χ3n) is 4.49. The van der Waals surface area contributed by atoms with Crippen LogP contribution in [0.1, 0.15) is 29.6 Å². The molecule has 0 saturated carbocycles. The molecule has 0 fully saturated rings. The highest BCUT2D eigenvalue weighted by molar-refractivity contribution is 7.99. The lowest BCUT2D eigenvalue weighted by Gasteiger charge is -2.13. The molecule has 3 rings (SSSR count). The number of hydrogen-bond acceptors (Lipinski definition) is 5. The summed E-state index contributed by atoms with van der Waals surface area (Å²) in [6.07, 6.45) is 1.89. The van der Waals surface area contributed by atoms with E-state index in [-0.39, 0.29) is 11.3 Å². The smallest absolute Gasteiger partial charge is 0.262 e. The Morgan fingerprint density at radius 1 is 1.17 bits per heavy atom. The predicted octanol–water partition coefficient (Wildman–Crippen LogP) is 4.84. The quantitative estimate of drug-likeness (QED) is 0.199. The first-order valence-electron chi connectivity index (χ1n) is 9.50. The van der Waals surface area contributed by atoms with Crippen LogP contribution in [-0.4, -0.2) is 34.8 Å². The average Bonchev–Trinajstić information content (AvgIpc) is 2.73. The number of methoxy groups -OCH3 is 1. The van der Waals surface area contributed by atoms with E-state index in [1.54, 1.807) is 29.9 Å². The SMILES string of the molecule is COCCCn1c(SCCCC(=O)c2ccccc2)nc2cc(Cl)ccc2c1=O. The lowest BCUT2D eigenvalue weighted by molar-refractivity contribution is 0.0982. The van der Waals surface area contributed by atoms with Crippen molar-refractivity contribution in [1.82, 2.24) is 9.55 Å². The van der Waals surface area contributed by atoms with Gasteiger partial charge in [0.25, 0.3) is 5.56 Å². The van der Waals surface area contributed by atoms with Gasteiger partial charge < -0.3 is 4.74 Å². The van der Waals surface area contributed by atoms with Gasteiger partial charge in [0, 0.05) is 43.0 Å². The van der Waals surface area contributed by atoms with Crippen molar-refractivity contribution in [2.75, 3.05) is 19.5 Å². The summed E-state index contributed by atoms with van der Waals surface area (Å²) < 4.78 is 6.81. The zero-order chi connectivity index (χ0) is 20.6. The number of ketones is 1. The van der Waals surface area contributed by atoms with Crippen molar-refractivity contribution in [2.24, 2.45) is 0 Å². The molecular formula is C22H23ClN2O3S. The standard InChI is InChI=1S/C22H23ClN2O3S/c1-28-13-6-12-25-21(27)18-11-10-17(23)15-19(18)24-22(25)29-14-5-9-20(26)16-7-3-2-4-8-16/h2-4,7-8,10-11,15H,5-6,9,12-14H2,1H3. The minimum atomic E-state index is -0.0781. The number of thioether (sulfide) groups is 1. The first kappa shape index (κ1) is 21.6. The highest BCUT2D eigenvalue weighted by Gasteiger charge is 2.13. The number of fused-ring (bicyclic) bond motifs is 1. The van der Waals surface area contributed by atoms with Crippen LogP contribution in [0.5, 0.6) is 0 Å². The zero-order valence-corrected chi connectivity index (χ0v) is 17.8. The Labute approximate surface area is 179 Å². The van der Waals surface area contributed by atoms with Crippen LogP contribution in [0.25, 0.3) is 10.9 Å². The van der Waals surface area contributed by atoms with Crippen molar-refractivity contribution in [1.29, 1.82) is 0 Å². The maximum atomic E-state index is 13.0. The van der Waals surface area contributed by atoms with E-state index in [1.165, 1.54) is 11.8 Å². The minimum absolute atomic E-state index is 0.0781. The largest absolute Gasteiger partial charge is 0.385 e. The van der Waals surface area contributed by atoms with Crippen LogP contribution in [0.4, 0.5) is 0 Å². The van der Waals surface area contributed by atoms with Crippen molar-refractivity contribution in [3.63, 3.8) is 0 Å². The first-order chi connectivity index (χ1) is 14.1. The zero-order valence-electron chi connectivity index (χ0n) is 16.3. The summed E-state index contributed by atoms with van der Waals surface area (Å²) in [5.41, 5.74) is 1.24. The number of ether oxygens (including phenoxy) is 1. The van der Waals surface area contributed by atoms with Crippen LogP contribution >= 0.6 is 23.4 Å². The van der Waals surface area contributed by atoms with Crippen LogP contribution in [-0.2, 0) is 11.3 Å². The maximum Gasteiger partial charge on any atom is 0.262 e. The Morgan fingerprint density at radius 3 is 2.72 bits per heavy atom. The molecule has 5 nitrogen and oxygen atoms in total. The molecule has 3 aromatic rings. The molecule has 0 spiro atoms. The third kappa shape index (κ3) is 5.69. The molecule has 7 heteroatoms. The molecule has 152 valence electrons. The Bertz CT molecular complexity index is 1040. The fourth-order valence-corrected chi connectivity index (χ4v) is 4.14. The molecule has 1 aromatic heterocycles. The number of nitrogens with zero attached hydrogens (tertiary/aromatic N) is 2. The predicted molar refractivity (Wildman–Crippen MR) is 118 cm³/mol. The number of halogens is 1. The topological polar surface area (TPSA) is 61.2 Å². The van der Waals surface area contributed by atoms with Gasteiger partial charge in [-0.25, -0.2) is 4.98 Å². The summed E-state index contributed by atoms with van der Waals surface area (Å²) >= 11 is 7.57. The van der Waals surface area contributed by atoms with Crippen LogP contribution in [0, 0.1) is 0 Å². The molecule has 0 N–H and O–H groups in total. The van der Waals surface area contributed by atoms with Crippen molar-refractivity contribution in [2.45, 2.75) is 31.0 Å². The molecular weight excluding hydrogens is 408 g/mol. The van der Waals surface area contributed by atoms with Crippen molar-refractivity contribution < 1.29 is 9.53 Å². The number of carbonyl (C=O) groups is 1.